The van der Waals surface area contributed by atoms with Crippen LogP contribution in [0.15, 0.2) is 24.8 Å². The number of ether oxygens (including phenoxy) is 1. The summed E-state index contributed by atoms with van der Waals surface area (Å²) in [6.07, 6.45) is 9.17. The summed E-state index contributed by atoms with van der Waals surface area (Å²) in [5.41, 5.74) is 0. The number of allylic oxidation sites excluding steroid dienone is 3. The maximum Gasteiger partial charge on any atom is 0.316 e. The molecule has 96 valence electrons. The van der Waals surface area contributed by atoms with E-state index in [1.165, 1.54) is 6.92 Å². The number of carbonyl (C=O) groups excluding carboxylic acids is 2. The van der Waals surface area contributed by atoms with E-state index in [4.69, 9.17) is 4.74 Å². The van der Waals surface area contributed by atoms with Gasteiger partial charge in [0.05, 0.1) is 6.61 Å². The van der Waals surface area contributed by atoms with Crippen LogP contribution >= 0.6 is 0 Å². The lowest BCUT2D eigenvalue weighted by molar-refractivity contribution is -0.150. The molecule has 0 heterocycles. The van der Waals surface area contributed by atoms with Crippen LogP contribution in [0.4, 0.5) is 0 Å². The lowest BCUT2D eigenvalue weighted by Crippen LogP contribution is -2.23. The Kier molecular flexibility index (Phi) is 9.02. The van der Waals surface area contributed by atoms with E-state index >= 15 is 0 Å². The summed E-state index contributed by atoms with van der Waals surface area (Å²) in [5, 5.41) is 0. The van der Waals surface area contributed by atoms with Gasteiger partial charge in [0.15, 0.2) is 0 Å². The summed E-state index contributed by atoms with van der Waals surface area (Å²) in [4.78, 5) is 22.7. The summed E-state index contributed by atoms with van der Waals surface area (Å²) >= 11 is 0. The molecule has 0 fully saturated rings. The van der Waals surface area contributed by atoms with Crippen LogP contribution < -0.4 is 0 Å². The van der Waals surface area contributed by atoms with Crippen molar-refractivity contribution in [3.63, 3.8) is 0 Å². The highest BCUT2D eigenvalue weighted by atomic mass is 16.5. The standard InChI is InChI=1S/C14H22O3/c1-4-6-7-8-9-10-11-13(12(3)15)14(16)17-5-2/h4,9-10,13H,1,5-8,11H2,2-3H3. The Labute approximate surface area is 104 Å². The quantitative estimate of drug-likeness (QED) is 0.268. The van der Waals surface area contributed by atoms with Gasteiger partial charge in [0, 0.05) is 0 Å². The van der Waals surface area contributed by atoms with Crippen molar-refractivity contribution >= 4 is 11.8 Å². The lowest BCUT2D eigenvalue weighted by atomic mass is 10.0. The summed E-state index contributed by atoms with van der Waals surface area (Å²) in [7, 11) is 0. The van der Waals surface area contributed by atoms with Crippen LogP contribution in [0.1, 0.15) is 39.5 Å². The van der Waals surface area contributed by atoms with Gasteiger partial charge in [-0.15, -0.1) is 6.58 Å². The first-order chi connectivity index (χ1) is 8.13. The molecule has 3 heteroatoms. The molecule has 0 spiro atoms. The first kappa shape index (κ1) is 15.6. The highest BCUT2D eigenvalue weighted by molar-refractivity contribution is 5.97. The Morgan fingerprint density at radius 1 is 1.29 bits per heavy atom. The first-order valence-corrected chi connectivity index (χ1v) is 6.06. The molecule has 1 atom stereocenters. The van der Waals surface area contributed by atoms with Gasteiger partial charge in [0.25, 0.3) is 0 Å². The third kappa shape index (κ3) is 7.50. The van der Waals surface area contributed by atoms with Crippen LogP contribution in [-0.4, -0.2) is 18.4 Å². The van der Waals surface area contributed by atoms with Crippen LogP contribution in [0, 0.1) is 5.92 Å². The minimum atomic E-state index is -0.648. The third-order valence-corrected chi connectivity index (χ3v) is 2.38. The minimum absolute atomic E-state index is 0.140. The Bertz CT molecular complexity index is 279. The van der Waals surface area contributed by atoms with Crippen molar-refractivity contribution in [2.45, 2.75) is 39.5 Å². The molecule has 0 aliphatic heterocycles. The fraction of sp³-hybridized carbons (Fsp3) is 0.571. The van der Waals surface area contributed by atoms with Gasteiger partial charge in [-0.3, -0.25) is 9.59 Å². The zero-order valence-corrected chi connectivity index (χ0v) is 10.8. The van der Waals surface area contributed by atoms with Crippen LogP contribution in [0.25, 0.3) is 0 Å². The molecule has 0 aliphatic carbocycles. The summed E-state index contributed by atoms with van der Waals surface area (Å²) in [5.74, 6) is -1.21. The number of unbranched alkanes of at least 4 members (excludes halogenated alkanes) is 2. The normalized spacial score (nSPS) is 12.4. The maximum absolute atomic E-state index is 11.5. The van der Waals surface area contributed by atoms with E-state index in [0.29, 0.717) is 13.0 Å². The fourth-order valence-electron chi connectivity index (χ4n) is 1.40. The van der Waals surface area contributed by atoms with Crippen LogP contribution in [0.5, 0.6) is 0 Å². The van der Waals surface area contributed by atoms with Crippen molar-refractivity contribution in [1.82, 2.24) is 0 Å². The molecule has 1 unspecified atom stereocenters. The molecule has 0 N–H and O–H groups in total. The predicted molar refractivity (Wildman–Crippen MR) is 68.6 cm³/mol. The van der Waals surface area contributed by atoms with E-state index < -0.39 is 11.9 Å². The molecule has 0 aromatic heterocycles. The monoisotopic (exact) mass is 238 g/mol. The van der Waals surface area contributed by atoms with Gasteiger partial charge in [-0.05, 0) is 39.5 Å². The second-order valence-corrected chi connectivity index (χ2v) is 3.84. The van der Waals surface area contributed by atoms with Crippen molar-refractivity contribution in [1.29, 1.82) is 0 Å². The lowest BCUT2D eigenvalue weighted by Gasteiger charge is -2.09. The van der Waals surface area contributed by atoms with Crippen molar-refractivity contribution in [2.24, 2.45) is 5.92 Å². The molecular weight excluding hydrogens is 216 g/mol. The molecule has 17 heavy (non-hydrogen) atoms. The van der Waals surface area contributed by atoms with Gasteiger partial charge >= 0.3 is 5.97 Å². The zero-order valence-electron chi connectivity index (χ0n) is 10.8. The molecule has 0 aromatic rings. The Hall–Kier alpha value is -1.38. The van der Waals surface area contributed by atoms with Gasteiger partial charge in [-0.25, -0.2) is 0 Å². The Morgan fingerprint density at radius 3 is 2.53 bits per heavy atom. The largest absolute Gasteiger partial charge is 0.465 e. The van der Waals surface area contributed by atoms with Crippen molar-refractivity contribution < 1.29 is 14.3 Å². The summed E-state index contributed by atoms with van der Waals surface area (Å²) < 4.78 is 4.85. The zero-order chi connectivity index (χ0) is 13.1. The first-order valence-electron chi connectivity index (χ1n) is 6.06. The number of Topliss-reactive ketones (excluding diaryl/α,β-unsaturated/α-hetero) is 1. The molecule has 0 rings (SSSR count). The SMILES string of the molecule is C=CCCCC=CCC(C(C)=O)C(=O)OCC. The molecule has 0 amide bonds. The number of esters is 1. The van der Waals surface area contributed by atoms with Crippen molar-refractivity contribution in [3.05, 3.63) is 24.8 Å². The second-order valence-electron chi connectivity index (χ2n) is 3.84. The topological polar surface area (TPSA) is 43.4 Å². The number of carbonyl (C=O) groups is 2. The van der Waals surface area contributed by atoms with Crippen LogP contribution in [-0.2, 0) is 14.3 Å². The molecule has 0 bridgehead atoms. The molecule has 0 radical (unpaired) electrons. The van der Waals surface area contributed by atoms with Gasteiger partial charge < -0.3 is 4.74 Å². The van der Waals surface area contributed by atoms with Crippen molar-refractivity contribution in [3.8, 4) is 0 Å². The van der Waals surface area contributed by atoms with Gasteiger partial charge in [-0.2, -0.15) is 0 Å². The highest BCUT2D eigenvalue weighted by Crippen LogP contribution is 2.09. The predicted octanol–water partition coefficient (Wildman–Crippen LogP) is 3.06. The second kappa shape index (κ2) is 9.82. The van der Waals surface area contributed by atoms with Gasteiger partial charge in [0.2, 0.25) is 0 Å². The van der Waals surface area contributed by atoms with E-state index in [9.17, 15) is 9.59 Å². The molecule has 0 saturated heterocycles. The molecule has 0 aliphatic rings. The molecule has 0 saturated carbocycles. The van der Waals surface area contributed by atoms with Gasteiger partial charge in [-0.1, -0.05) is 18.2 Å². The third-order valence-electron chi connectivity index (χ3n) is 2.38. The number of ketones is 1. The van der Waals surface area contributed by atoms with E-state index in [0.717, 1.165) is 19.3 Å². The van der Waals surface area contributed by atoms with Gasteiger partial charge in [0.1, 0.15) is 11.7 Å². The average molecular weight is 238 g/mol. The number of hydrogen-bond donors (Lipinski definition) is 0. The maximum atomic E-state index is 11.5. The van der Waals surface area contributed by atoms with E-state index in [1.54, 1.807) is 6.92 Å². The Balaban J connectivity index is 4.04. The fourth-order valence-corrected chi connectivity index (χ4v) is 1.40. The summed E-state index contributed by atoms with van der Waals surface area (Å²) in [6, 6.07) is 0. The van der Waals surface area contributed by atoms with Crippen LogP contribution in [0.3, 0.4) is 0 Å². The number of hydrogen-bond acceptors (Lipinski definition) is 3. The average Bonchev–Trinajstić information content (AvgIpc) is 2.27. The highest BCUT2D eigenvalue weighted by Gasteiger charge is 2.22. The van der Waals surface area contributed by atoms with Crippen molar-refractivity contribution in [2.75, 3.05) is 6.61 Å². The summed E-state index contributed by atoms with van der Waals surface area (Å²) in [6.45, 7) is 7.11. The van der Waals surface area contributed by atoms with E-state index in [2.05, 4.69) is 6.58 Å². The van der Waals surface area contributed by atoms with E-state index in [-0.39, 0.29) is 5.78 Å². The number of rotatable bonds is 9. The molecule has 3 nitrogen and oxygen atoms in total. The Morgan fingerprint density at radius 2 is 2.00 bits per heavy atom. The smallest absolute Gasteiger partial charge is 0.316 e. The minimum Gasteiger partial charge on any atom is -0.465 e. The van der Waals surface area contributed by atoms with E-state index in [1.807, 2.05) is 18.2 Å². The molecule has 0 aromatic carbocycles. The van der Waals surface area contributed by atoms with Crippen LogP contribution in [0.2, 0.25) is 0 Å². The molecular formula is C14H22O3.